The van der Waals surface area contributed by atoms with Crippen LogP contribution in [-0.4, -0.2) is 12.7 Å². The van der Waals surface area contributed by atoms with Gasteiger partial charge in [-0.05, 0) is 25.0 Å². The molecule has 0 aliphatic carbocycles. The SMILES string of the molecule is CCC(C)C(C)Nc1ccc(OC(F)F)c(F)c1. The number of hydrogen-bond acceptors (Lipinski definition) is 2. The number of halogens is 3. The predicted molar refractivity (Wildman–Crippen MR) is 65.6 cm³/mol. The van der Waals surface area contributed by atoms with Crippen molar-refractivity contribution in [2.75, 3.05) is 5.32 Å². The third kappa shape index (κ3) is 4.13. The summed E-state index contributed by atoms with van der Waals surface area (Å²) in [5.74, 6) is -0.798. The van der Waals surface area contributed by atoms with Crippen LogP contribution in [0.1, 0.15) is 27.2 Å². The molecule has 102 valence electrons. The quantitative estimate of drug-likeness (QED) is 0.825. The number of rotatable bonds is 6. The van der Waals surface area contributed by atoms with E-state index in [-0.39, 0.29) is 6.04 Å². The van der Waals surface area contributed by atoms with Crippen LogP contribution in [0.2, 0.25) is 0 Å². The molecule has 1 N–H and O–H groups in total. The van der Waals surface area contributed by atoms with Crippen molar-refractivity contribution < 1.29 is 17.9 Å². The van der Waals surface area contributed by atoms with Gasteiger partial charge < -0.3 is 10.1 Å². The zero-order chi connectivity index (χ0) is 13.7. The highest BCUT2D eigenvalue weighted by molar-refractivity contribution is 5.48. The summed E-state index contributed by atoms with van der Waals surface area (Å²) in [7, 11) is 0. The van der Waals surface area contributed by atoms with E-state index in [1.54, 1.807) is 0 Å². The number of benzene rings is 1. The van der Waals surface area contributed by atoms with Crippen LogP contribution in [0.5, 0.6) is 5.75 Å². The summed E-state index contributed by atoms with van der Waals surface area (Å²) in [6, 6.07) is 4.07. The Labute approximate surface area is 105 Å². The third-order valence-electron chi connectivity index (χ3n) is 3.04. The topological polar surface area (TPSA) is 21.3 Å². The van der Waals surface area contributed by atoms with Gasteiger partial charge in [-0.3, -0.25) is 0 Å². The summed E-state index contributed by atoms with van der Waals surface area (Å²) in [5.41, 5.74) is 0.557. The van der Waals surface area contributed by atoms with Crippen LogP contribution >= 0.6 is 0 Å². The molecule has 0 amide bonds. The van der Waals surface area contributed by atoms with E-state index < -0.39 is 18.2 Å². The molecule has 0 aliphatic rings. The Hall–Kier alpha value is -1.39. The Balaban J connectivity index is 2.72. The summed E-state index contributed by atoms with van der Waals surface area (Å²) < 4.78 is 41.4. The molecule has 0 aliphatic heterocycles. The van der Waals surface area contributed by atoms with Crippen LogP contribution < -0.4 is 10.1 Å². The van der Waals surface area contributed by atoms with Gasteiger partial charge in [0.25, 0.3) is 0 Å². The summed E-state index contributed by atoms with van der Waals surface area (Å²) in [6.45, 7) is 3.14. The second kappa shape index (κ2) is 6.52. The van der Waals surface area contributed by atoms with Gasteiger partial charge in [0.05, 0.1) is 0 Å². The van der Waals surface area contributed by atoms with E-state index in [1.165, 1.54) is 12.1 Å². The number of hydrogen-bond donors (Lipinski definition) is 1. The van der Waals surface area contributed by atoms with E-state index in [2.05, 4.69) is 23.9 Å². The molecule has 5 heteroatoms. The molecule has 0 spiro atoms. The van der Waals surface area contributed by atoms with E-state index in [9.17, 15) is 13.2 Å². The maximum atomic E-state index is 13.4. The highest BCUT2D eigenvalue weighted by Crippen LogP contribution is 2.24. The fourth-order valence-electron chi connectivity index (χ4n) is 1.54. The molecule has 1 aromatic rings. The average molecular weight is 261 g/mol. The van der Waals surface area contributed by atoms with Crippen molar-refractivity contribution >= 4 is 5.69 Å². The molecule has 0 bridgehead atoms. The van der Waals surface area contributed by atoms with Gasteiger partial charge in [0, 0.05) is 17.8 Å². The predicted octanol–water partition coefficient (Wildman–Crippen LogP) is 4.27. The monoisotopic (exact) mass is 261 g/mol. The fourth-order valence-corrected chi connectivity index (χ4v) is 1.54. The van der Waals surface area contributed by atoms with E-state index in [1.807, 2.05) is 6.92 Å². The first-order valence-electron chi connectivity index (χ1n) is 5.95. The Morgan fingerprint density at radius 1 is 1.28 bits per heavy atom. The van der Waals surface area contributed by atoms with E-state index in [0.29, 0.717) is 11.6 Å². The molecule has 1 rings (SSSR count). The average Bonchev–Trinajstić information content (AvgIpc) is 2.31. The lowest BCUT2D eigenvalue weighted by molar-refractivity contribution is -0.0521. The van der Waals surface area contributed by atoms with Crippen molar-refractivity contribution in [3.05, 3.63) is 24.0 Å². The van der Waals surface area contributed by atoms with Crippen LogP contribution in [0, 0.1) is 11.7 Å². The summed E-state index contributed by atoms with van der Waals surface area (Å²) in [4.78, 5) is 0. The Morgan fingerprint density at radius 2 is 1.94 bits per heavy atom. The van der Waals surface area contributed by atoms with E-state index in [0.717, 1.165) is 12.5 Å². The fraction of sp³-hybridized carbons (Fsp3) is 0.538. The lowest BCUT2D eigenvalue weighted by Crippen LogP contribution is -2.23. The van der Waals surface area contributed by atoms with Gasteiger partial charge in [-0.1, -0.05) is 20.3 Å². The van der Waals surface area contributed by atoms with Gasteiger partial charge in [0.1, 0.15) is 0 Å². The van der Waals surface area contributed by atoms with Gasteiger partial charge in [-0.15, -0.1) is 0 Å². The second-order valence-corrected chi connectivity index (χ2v) is 4.34. The molecule has 2 atom stereocenters. The first-order chi connectivity index (χ1) is 8.43. The van der Waals surface area contributed by atoms with Crippen LogP contribution in [0.3, 0.4) is 0 Å². The minimum atomic E-state index is -3.02. The zero-order valence-corrected chi connectivity index (χ0v) is 10.7. The molecular formula is C13H18F3NO. The first-order valence-corrected chi connectivity index (χ1v) is 5.95. The summed E-state index contributed by atoms with van der Waals surface area (Å²) in [5, 5.41) is 3.13. The molecule has 0 radical (unpaired) electrons. The number of ether oxygens (including phenoxy) is 1. The van der Waals surface area contributed by atoms with Crippen LogP contribution in [0.25, 0.3) is 0 Å². The largest absolute Gasteiger partial charge is 0.432 e. The van der Waals surface area contributed by atoms with Gasteiger partial charge in [0.2, 0.25) is 0 Å². The van der Waals surface area contributed by atoms with Crippen molar-refractivity contribution in [1.82, 2.24) is 0 Å². The molecule has 1 aromatic carbocycles. The number of anilines is 1. The Bertz CT molecular complexity index is 384. The van der Waals surface area contributed by atoms with Crippen molar-refractivity contribution in [3.63, 3.8) is 0 Å². The minimum Gasteiger partial charge on any atom is -0.432 e. The Kier molecular flexibility index (Phi) is 5.31. The van der Waals surface area contributed by atoms with Crippen LogP contribution in [-0.2, 0) is 0 Å². The minimum absolute atomic E-state index is 0.177. The lowest BCUT2D eigenvalue weighted by atomic mass is 10.0. The highest BCUT2D eigenvalue weighted by atomic mass is 19.3. The molecule has 0 saturated heterocycles. The molecule has 2 unspecified atom stereocenters. The molecular weight excluding hydrogens is 243 g/mol. The normalized spacial score (nSPS) is 14.4. The molecule has 18 heavy (non-hydrogen) atoms. The standard InChI is InChI=1S/C13H18F3NO/c1-4-8(2)9(3)17-10-5-6-12(11(14)7-10)18-13(15)16/h5-9,13,17H,4H2,1-3H3. The maximum absolute atomic E-state index is 13.4. The number of alkyl halides is 2. The van der Waals surface area contributed by atoms with Crippen LogP contribution in [0.15, 0.2) is 18.2 Å². The molecule has 0 aromatic heterocycles. The second-order valence-electron chi connectivity index (χ2n) is 4.34. The summed E-state index contributed by atoms with van der Waals surface area (Å²) >= 11 is 0. The van der Waals surface area contributed by atoms with Crippen molar-refractivity contribution in [2.24, 2.45) is 5.92 Å². The van der Waals surface area contributed by atoms with Gasteiger partial charge in [0.15, 0.2) is 11.6 Å². The van der Waals surface area contributed by atoms with Crippen LogP contribution in [0.4, 0.5) is 18.9 Å². The molecule has 0 saturated carbocycles. The molecule has 2 nitrogen and oxygen atoms in total. The van der Waals surface area contributed by atoms with E-state index in [4.69, 9.17) is 0 Å². The lowest BCUT2D eigenvalue weighted by Gasteiger charge is -2.21. The first kappa shape index (κ1) is 14.7. The molecule has 0 fully saturated rings. The zero-order valence-electron chi connectivity index (χ0n) is 10.7. The van der Waals surface area contributed by atoms with E-state index >= 15 is 0 Å². The number of nitrogens with one attached hydrogen (secondary N) is 1. The maximum Gasteiger partial charge on any atom is 0.387 e. The third-order valence-corrected chi connectivity index (χ3v) is 3.04. The van der Waals surface area contributed by atoms with Gasteiger partial charge in [-0.25, -0.2) is 4.39 Å². The summed E-state index contributed by atoms with van der Waals surface area (Å²) in [6.07, 6.45) is 1.00. The smallest absolute Gasteiger partial charge is 0.387 e. The Morgan fingerprint density at radius 3 is 2.44 bits per heavy atom. The highest BCUT2D eigenvalue weighted by Gasteiger charge is 2.13. The van der Waals surface area contributed by atoms with Crippen molar-refractivity contribution in [2.45, 2.75) is 39.8 Å². The molecule has 0 heterocycles. The van der Waals surface area contributed by atoms with Crippen molar-refractivity contribution in [3.8, 4) is 5.75 Å². The van der Waals surface area contributed by atoms with Gasteiger partial charge in [-0.2, -0.15) is 8.78 Å². The van der Waals surface area contributed by atoms with Crippen molar-refractivity contribution in [1.29, 1.82) is 0 Å². The van der Waals surface area contributed by atoms with Gasteiger partial charge >= 0.3 is 6.61 Å².